The summed E-state index contributed by atoms with van der Waals surface area (Å²) < 4.78 is 9.99. The van der Waals surface area contributed by atoms with Crippen LogP contribution in [0.5, 0.6) is 11.5 Å². The molecule has 7 heteroatoms. The lowest BCUT2D eigenvalue weighted by atomic mass is 10.2. The topological polar surface area (TPSA) is 69.7 Å². The van der Waals surface area contributed by atoms with Crippen molar-refractivity contribution in [3.8, 4) is 11.5 Å². The van der Waals surface area contributed by atoms with E-state index in [9.17, 15) is 14.4 Å². The number of benzene rings is 1. The molecule has 0 fully saturated rings. The van der Waals surface area contributed by atoms with Crippen LogP contribution in [-0.4, -0.2) is 17.2 Å². The van der Waals surface area contributed by atoms with Gasteiger partial charge in [0.2, 0.25) is 0 Å². The van der Waals surface area contributed by atoms with Crippen molar-refractivity contribution >= 4 is 44.7 Å². The summed E-state index contributed by atoms with van der Waals surface area (Å²) in [5, 5.41) is -0.760. The molecule has 18 heavy (non-hydrogen) atoms. The molecule has 0 aromatic heterocycles. The zero-order valence-corrected chi connectivity index (χ0v) is 11.8. The Bertz CT molecular complexity index is 489. The minimum atomic E-state index is -0.760. The lowest BCUT2D eigenvalue weighted by Crippen LogP contribution is -2.07. The van der Waals surface area contributed by atoms with E-state index in [1.807, 2.05) is 0 Å². The van der Waals surface area contributed by atoms with Gasteiger partial charge in [-0.3, -0.25) is 14.4 Å². The van der Waals surface area contributed by atoms with Gasteiger partial charge in [0.1, 0.15) is 16.0 Å². The van der Waals surface area contributed by atoms with Crippen LogP contribution in [0.1, 0.15) is 24.2 Å². The molecule has 5 nitrogen and oxygen atoms in total. The Labute approximate surface area is 116 Å². The normalized spacial score (nSPS) is 9.78. The van der Waals surface area contributed by atoms with Gasteiger partial charge in [-0.05, 0) is 39.7 Å². The highest BCUT2D eigenvalue weighted by Gasteiger charge is 2.16. The number of esters is 2. The molecule has 0 heterocycles. The lowest BCUT2D eigenvalue weighted by molar-refractivity contribution is -0.132. The maximum absolute atomic E-state index is 11.1. The SMILES string of the molecule is CC(=O)Oc1cc(C(=O)Cl)cc(OC(C)=O)c1Br. The molecule has 0 unspecified atom stereocenters. The predicted molar refractivity (Wildman–Crippen MR) is 66.9 cm³/mol. The Morgan fingerprint density at radius 3 is 1.72 bits per heavy atom. The second-order valence-corrected chi connectivity index (χ2v) is 4.38. The van der Waals surface area contributed by atoms with Crippen molar-refractivity contribution in [2.45, 2.75) is 13.8 Å². The molecule has 0 bridgehead atoms. The van der Waals surface area contributed by atoms with Crippen molar-refractivity contribution in [3.63, 3.8) is 0 Å². The number of rotatable bonds is 3. The molecule has 96 valence electrons. The van der Waals surface area contributed by atoms with Crippen molar-refractivity contribution in [2.75, 3.05) is 0 Å². The third-order valence-corrected chi connectivity index (χ3v) is 2.74. The zero-order chi connectivity index (χ0) is 13.9. The van der Waals surface area contributed by atoms with Crippen LogP contribution < -0.4 is 9.47 Å². The molecule has 0 aliphatic heterocycles. The summed E-state index contributed by atoms with van der Waals surface area (Å²) in [5.74, 6) is -1.07. The summed E-state index contributed by atoms with van der Waals surface area (Å²) in [4.78, 5) is 32.9. The van der Waals surface area contributed by atoms with Gasteiger partial charge in [-0.15, -0.1) is 0 Å². The van der Waals surface area contributed by atoms with Crippen molar-refractivity contribution in [2.24, 2.45) is 0 Å². The summed E-state index contributed by atoms with van der Waals surface area (Å²) in [5.41, 5.74) is 0.0485. The van der Waals surface area contributed by atoms with E-state index < -0.39 is 17.2 Å². The molecule has 0 saturated heterocycles. The molecule has 0 spiro atoms. The van der Waals surface area contributed by atoms with Gasteiger partial charge in [0, 0.05) is 19.4 Å². The van der Waals surface area contributed by atoms with Gasteiger partial charge in [0.05, 0.1) is 0 Å². The van der Waals surface area contributed by atoms with Gasteiger partial charge in [-0.1, -0.05) is 0 Å². The standard InChI is InChI=1S/C11H8BrClO5/c1-5(14)17-8-3-7(11(13)16)4-9(10(8)12)18-6(2)15/h3-4H,1-2H3. The van der Waals surface area contributed by atoms with E-state index in [2.05, 4.69) is 15.9 Å². The average molecular weight is 336 g/mol. The summed E-state index contributed by atoms with van der Waals surface area (Å²) in [6.45, 7) is 2.40. The summed E-state index contributed by atoms with van der Waals surface area (Å²) in [6.07, 6.45) is 0. The first-order chi connectivity index (χ1) is 8.31. The fraction of sp³-hybridized carbons (Fsp3) is 0.182. The minimum Gasteiger partial charge on any atom is -0.425 e. The molecule has 0 N–H and O–H groups in total. The molecule has 1 aromatic rings. The van der Waals surface area contributed by atoms with E-state index in [1.165, 1.54) is 26.0 Å². The molecule has 0 saturated carbocycles. The van der Waals surface area contributed by atoms with E-state index in [0.29, 0.717) is 0 Å². The van der Waals surface area contributed by atoms with Crippen LogP contribution in [0, 0.1) is 0 Å². The summed E-state index contributed by atoms with van der Waals surface area (Å²) in [6, 6.07) is 2.54. The van der Waals surface area contributed by atoms with E-state index >= 15 is 0 Å². The van der Waals surface area contributed by atoms with E-state index in [1.54, 1.807) is 0 Å². The number of carbonyl (C=O) groups excluding carboxylic acids is 3. The quantitative estimate of drug-likeness (QED) is 0.482. The fourth-order valence-electron chi connectivity index (χ4n) is 1.14. The second kappa shape index (κ2) is 5.97. The Kier molecular flexibility index (Phi) is 4.86. The Hall–Kier alpha value is -1.40. The molecule has 1 rings (SSSR count). The molecule has 1 aromatic carbocycles. The highest BCUT2D eigenvalue weighted by molar-refractivity contribution is 9.10. The van der Waals surface area contributed by atoms with Gasteiger partial charge < -0.3 is 9.47 Å². The Balaban J connectivity index is 3.32. The van der Waals surface area contributed by atoms with Crippen molar-refractivity contribution in [1.29, 1.82) is 0 Å². The van der Waals surface area contributed by atoms with Crippen LogP contribution in [-0.2, 0) is 9.59 Å². The van der Waals surface area contributed by atoms with Crippen molar-refractivity contribution < 1.29 is 23.9 Å². The van der Waals surface area contributed by atoms with Crippen LogP contribution in [0.2, 0.25) is 0 Å². The first-order valence-electron chi connectivity index (χ1n) is 4.71. The smallest absolute Gasteiger partial charge is 0.308 e. The molecular weight excluding hydrogens is 327 g/mol. The first-order valence-corrected chi connectivity index (χ1v) is 5.88. The molecule has 0 aliphatic rings. The average Bonchev–Trinajstić information content (AvgIpc) is 2.22. The molecule has 0 amide bonds. The van der Waals surface area contributed by atoms with E-state index in [4.69, 9.17) is 21.1 Å². The predicted octanol–water partition coefficient (Wildman–Crippen LogP) is 2.68. The number of ether oxygens (including phenoxy) is 2. The maximum atomic E-state index is 11.1. The third kappa shape index (κ3) is 3.82. The van der Waals surface area contributed by atoms with Gasteiger partial charge in [-0.25, -0.2) is 0 Å². The molecule has 0 aliphatic carbocycles. The van der Waals surface area contributed by atoms with Crippen LogP contribution in [0.3, 0.4) is 0 Å². The highest BCUT2D eigenvalue weighted by Crippen LogP contribution is 2.36. The van der Waals surface area contributed by atoms with Gasteiger partial charge >= 0.3 is 11.9 Å². The number of hydrogen-bond acceptors (Lipinski definition) is 5. The molecular formula is C11H8BrClO5. The van der Waals surface area contributed by atoms with Gasteiger partial charge in [0.25, 0.3) is 5.24 Å². The van der Waals surface area contributed by atoms with Crippen LogP contribution in [0.15, 0.2) is 16.6 Å². The van der Waals surface area contributed by atoms with E-state index in [-0.39, 0.29) is 21.5 Å². The van der Waals surface area contributed by atoms with Crippen molar-refractivity contribution in [3.05, 3.63) is 22.2 Å². The number of carbonyl (C=O) groups is 3. The van der Waals surface area contributed by atoms with Crippen LogP contribution >= 0.6 is 27.5 Å². The lowest BCUT2D eigenvalue weighted by Gasteiger charge is -2.10. The fourth-order valence-corrected chi connectivity index (χ4v) is 1.64. The van der Waals surface area contributed by atoms with Gasteiger partial charge in [0.15, 0.2) is 0 Å². The minimum absolute atomic E-state index is 0.0465. The maximum Gasteiger partial charge on any atom is 0.308 e. The Morgan fingerprint density at radius 1 is 1.06 bits per heavy atom. The highest BCUT2D eigenvalue weighted by atomic mass is 79.9. The van der Waals surface area contributed by atoms with Gasteiger partial charge in [-0.2, -0.15) is 0 Å². The monoisotopic (exact) mass is 334 g/mol. The summed E-state index contributed by atoms with van der Waals surface area (Å²) in [7, 11) is 0. The van der Waals surface area contributed by atoms with E-state index in [0.717, 1.165) is 0 Å². The molecule has 0 radical (unpaired) electrons. The van der Waals surface area contributed by atoms with Crippen LogP contribution in [0.4, 0.5) is 0 Å². The van der Waals surface area contributed by atoms with Crippen molar-refractivity contribution in [1.82, 2.24) is 0 Å². The second-order valence-electron chi connectivity index (χ2n) is 3.25. The van der Waals surface area contributed by atoms with Crippen LogP contribution in [0.25, 0.3) is 0 Å². The number of halogens is 2. The third-order valence-electron chi connectivity index (χ3n) is 1.74. The summed E-state index contributed by atoms with van der Waals surface area (Å²) >= 11 is 8.45. The first kappa shape index (κ1) is 14.7. The largest absolute Gasteiger partial charge is 0.425 e. The molecule has 0 atom stereocenters. The Morgan fingerprint density at radius 2 is 1.44 bits per heavy atom. The number of hydrogen-bond donors (Lipinski definition) is 0. The zero-order valence-electron chi connectivity index (χ0n) is 9.45.